The van der Waals surface area contributed by atoms with E-state index >= 15 is 0 Å². The van der Waals surface area contributed by atoms with Crippen LogP contribution in [-0.4, -0.2) is 45.5 Å². The Hall–Kier alpha value is -3.67. The van der Waals surface area contributed by atoms with E-state index in [0.717, 1.165) is 4.90 Å². The number of thioether (sulfide) groups is 1. The Balaban J connectivity index is 1.45. The van der Waals surface area contributed by atoms with Crippen LogP contribution in [0, 0.1) is 0 Å². The molecule has 0 spiro atoms. The second kappa shape index (κ2) is 8.84. The lowest BCUT2D eigenvalue weighted by atomic mass is 9.89. The van der Waals surface area contributed by atoms with Crippen molar-refractivity contribution in [3.8, 4) is 0 Å². The Bertz CT molecular complexity index is 1260. The van der Waals surface area contributed by atoms with E-state index < -0.39 is 40.6 Å². The van der Waals surface area contributed by atoms with Gasteiger partial charge in [-0.1, -0.05) is 6.07 Å². The third-order valence-corrected chi connectivity index (χ3v) is 6.57. The number of carbonyl (C=O) groups is 5. The fraction of sp³-hybridized carbons (Fsp3) is 0.261. The van der Waals surface area contributed by atoms with E-state index in [9.17, 15) is 37.1 Å². The highest BCUT2D eigenvalue weighted by Gasteiger charge is 2.52. The van der Waals surface area contributed by atoms with Gasteiger partial charge in [-0.25, -0.2) is 0 Å². The summed E-state index contributed by atoms with van der Waals surface area (Å²) in [4.78, 5) is 63.1. The second-order valence-electron chi connectivity index (χ2n) is 8.23. The molecule has 2 N–H and O–H groups in total. The normalized spacial score (nSPS) is 20.1. The molecule has 35 heavy (non-hydrogen) atoms. The molecular formula is C23H18F3N3O5S. The Morgan fingerprint density at radius 2 is 1.71 bits per heavy atom. The second-order valence-corrected chi connectivity index (χ2v) is 9.37. The van der Waals surface area contributed by atoms with Crippen molar-refractivity contribution in [1.82, 2.24) is 15.5 Å². The SMILES string of the molecule is C[C@]1(N2C(=O)c3ccc(CNC(=O)c4ccc(SC(F)(F)F)cc4)cc3C2=O)CCC(=O)NC1=O. The van der Waals surface area contributed by atoms with Crippen LogP contribution in [0.1, 0.15) is 56.4 Å². The van der Waals surface area contributed by atoms with Crippen LogP contribution in [-0.2, 0) is 16.1 Å². The number of carbonyl (C=O) groups excluding carboxylic acids is 5. The molecule has 0 saturated carbocycles. The largest absolute Gasteiger partial charge is 0.446 e. The van der Waals surface area contributed by atoms with Crippen LogP contribution in [0.15, 0.2) is 47.4 Å². The minimum Gasteiger partial charge on any atom is -0.348 e. The van der Waals surface area contributed by atoms with Gasteiger partial charge in [-0.15, -0.1) is 0 Å². The highest BCUT2D eigenvalue weighted by molar-refractivity contribution is 8.00. The van der Waals surface area contributed by atoms with E-state index in [1.807, 2.05) is 0 Å². The molecule has 8 nitrogen and oxygen atoms in total. The number of halogens is 3. The number of amides is 5. The average molecular weight is 505 g/mol. The number of nitrogens with one attached hydrogen (secondary N) is 2. The predicted molar refractivity (Wildman–Crippen MR) is 117 cm³/mol. The molecule has 0 radical (unpaired) electrons. The number of alkyl halides is 3. The summed E-state index contributed by atoms with van der Waals surface area (Å²) in [6, 6.07) is 9.33. The molecule has 2 aromatic rings. The Kier molecular flexibility index (Phi) is 6.18. The Morgan fingerprint density at radius 3 is 2.34 bits per heavy atom. The molecule has 12 heteroatoms. The number of fused-ring (bicyclic) bond motifs is 1. The van der Waals surface area contributed by atoms with Gasteiger partial charge in [0.05, 0.1) is 11.1 Å². The van der Waals surface area contributed by atoms with Gasteiger partial charge in [0.15, 0.2) is 0 Å². The third kappa shape index (κ3) is 4.78. The Morgan fingerprint density at radius 1 is 1.06 bits per heavy atom. The minimum atomic E-state index is -4.43. The number of hydrogen-bond acceptors (Lipinski definition) is 6. The molecule has 0 aromatic heterocycles. The number of rotatable bonds is 5. The molecule has 1 saturated heterocycles. The zero-order valence-corrected chi connectivity index (χ0v) is 19.0. The topological polar surface area (TPSA) is 113 Å². The average Bonchev–Trinajstić information content (AvgIpc) is 3.04. The highest BCUT2D eigenvalue weighted by atomic mass is 32.2. The smallest absolute Gasteiger partial charge is 0.348 e. The molecule has 2 aliphatic heterocycles. The van der Waals surface area contributed by atoms with Crippen molar-refractivity contribution in [1.29, 1.82) is 0 Å². The zero-order valence-electron chi connectivity index (χ0n) is 18.2. The lowest BCUT2D eigenvalue weighted by Crippen LogP contribution is -2.62. The van der Waals surface area contributed by atoms with E-state index in [1.165, 1.54) is 43.3 Å². The molecule has 182 valence electrons. The molecule has 0 aliphatic carbocycles. The van der Waals surface area contributed by atoms with E-state index in [2.05, 4.69) is 10.6 Å². The van der Waals surface area contributed by atoms with Crippen LogP contribution in [0.5, 0.6) is 0 Å². The first-order chi connectivity index (χ1) is 16.4. The number of hydrogen-bond donors (Lipinski definition) is 2. The summed E-state index contributed by atoms with van der Waals surface area (Å²) in [6.07, 6.45) is -0.00485. The van der Waals surface area contributed by atoms with Gasteiger partial charge in [0.2, 0.25) is 5.91 Å². The van der Waals surface area contributed by atoms with Gasteiger partial charge in [-0.2, -0.15) is 13.2 Å². The molecule has 0 unspecified atom stereocenters. The van der Waals surface area contributed by atoms with E-state index in [0.29, 0.717) is 5.56 Å². The third-order valence-electron chi connectivity index (χ3n) is 5.83. The van der Waals surface area contributed by atoms with Gasteiger partial charge >= 0.3 is 5.51 Å². The Labute approximate surface area is 201 Å². The zero-order chi connectivity index (χ0) is 25.5. The summed E-state index contributed by atoms with van der Waals surface area (Å²) in [5.74, 6) is -3.06. The van der Waals surface area contributed by atoms with Gasteiger partial charge in [0.1, 0.15) is 5.54 Å². The minimum absolute atomic E-state index is 0.00627. The van der Waals surface area contributed by atoms with Gasteiger partial charge in [0.25, 0.3) is 23.6 Å². The van der Waals surface area contributed by atoms with Crippen molar-refractivity contribution in [2.45, 2.75) is 42.3 Å². The molecule has 5 amide bonds. The maximum absolute atomic E-state index is 13.1. The van der Waals surface area contributed by atoms with Crippen LogP contribution in [0.25, 0.3) is 0 Å². The summed E-state index contributed by atoms with van der Waals surface area (Å²) >= 11 is -0.283. The first-order valence-electron chi connectivity index (χ1n) is 10.4. The van der Waals surface area contributed by atoms with Crippen molar-refractivity contribution in [2.24, 2.45) is 0 Å². The standard InChI is InChI=1S/C23H18F3N3O5S/c1-22(9-8-17(30)28-21(22)34)29-19(32)15-7-2-12(10-16(15)20(29)33)11-27-18(31)13-3-5-14(6-4-13)35-23(24,25)26/h2-7,10H,8-9,11H2,1H3,(H,27,31)(H,28,30,34)/t22-/m0/s1. The molecule has 2 aromatic carbocycles. The van der Waals surface area contributed by atoms with Crippen molar-refractivity contribution >= 4 is 41.3 Å². The van der Waals surface area contributed by atoms with E-state index in [1.54, 1.807) is 6.07 Å². The number of imide groups is 2. The summed E-state index contributed by atoms with van der Waals surface area (Å²) in [5.41, 5.74) is -5.11. The maximum atomic E-state index is 13.1. The molecule has 0 bridgehead atoms. The monoisotopic (exact) mass is 505 g/mol. The van der Waals surface area contributed by atoms with Gasteiger partial charge in [0, 0.05) is 23.4 Å². The first kappa shape index (κ1) is 24.5. The molecular weight excluding hydrogens is 487 g/mol. The highest BCUT2D eigenvalue weighted by Crippen LogP contribution is 2.37. The van der Waals surface area contributed by atoms with Crippen LogP contribution < -0.4 is 10.6 Å². The van der Waals surface area contributed by atoms with Gasteiger partial charge < -0.3 is 5.32 Å². The quantitative estimate of drug-likeness (QED) is 0.477. The molecule has 2 aliphatic rings. The number of benzene rings is 2. The van der Waals surface area contributed by atoms with E-state index in [4.69, 9.17) is 0 Å². The molecule has 4 rings (SSSR count). The lowest BCUT2D eigenvalue weighted by Gasteiger charge is -2.38. The number of piperidine rings is 1. The first-order valence-corrected chi connectivity index (χ1v) is 11.2. The summed E-state index contributed by atoms with van der Waals surface area (Å²) in [7, 11) is 0. The van der Waals surface area contributed by atoms with Gasteiger partial charge in [-0.05, 0) is 67.1 Å². The maximum Gasteiger partial charge on any atom is 0.446 e. The van der Waals surface area contributed by atoms with Crippen LogP contribution >= 0.6 is 11.8 Å². The predicted octanol–water partition coefficient (Wildman–Crippen LogP) is 3.02. The van der Waals surface area contributed by atoms with E-state index in [-0.39, 0.29) is 52.7 Å². The summed E-state index contributed by atoms with van der Waals surface area (Å²) in [6.45, 7) is 1.41. The summed E-state index contributed by atoms with van der Waals surface area (Å²) < 4.78 is 37.3. The fourth-order valence-corrected chi connectivity index (χ4v) is 4.49. The fourth-order valence-electron chi connectivity index (χ4n) is 3.95. The lowest BCUT2D eigenvalue weighted by molar-refractivity contribution is -0.140. The number of nitrogens with zero attached hydrogens (tertiary/aromatic N) is 1. The molecule has 1 fully saturated rings. The van der Waals surface area contributed by atoms with Crippen LogP contribution in [0.2, 0.25) is 0 Å². The summed E-state index contributed by atoms with van der Waals surface area (Å²) in [5, 5.41) is 4.78. The molecule has 2 heterocycles. The van der Waals surface area contributed by atoms with Gasteiger partial charge in [-0.3, -0.25) is 34.2 Å². The van der Waals surface area contributed by atoms with Crippen LogP contribution in [0.4, 0.5) is 13.2 Å². The molecule has 1 atom stereocenters. The van der Waals surface area contributed by atoms with Crippen molar-refractivity contribution in [3.05, 3.63) is 64.7 Å². The van der Waals surface area contributed by atoms with Crippen molar-refractivity contribution in [2.75, 3.05) is 0 Å². The van der Waals surface area contributed by atoms with Crippen LogP contribution in [0.3, 0.4) is 0 Å². The van der Waals surface area contributed by atoms with Crippen molar-refractivity contribution < 1.29 is 37.1 Å². The van der Waals surface area contributed by atoms with Crippen molar-refractivity contribution in [3.63, 3.8) is 0 Å².